The van der Waals surface area contributed by atoms with Gasteiger partial charge in [0.25, 0.3) is 0 Å². The van der Waals surface area contributed by atoms with Gasteiger partial charge in [0, 0.05) is 6.61 Å². The molecule has 0 radical (unpaired) electrons. The Hall–Kier alpha value is -0.770. The number of amides is 1. The molecule has 0 saturated heterocycles. The summed E-state index contributed by atoms with van der Waals surface area (Å²) in [5.74, 6) is 0. The first-order valence-corrected chi connectivity index (χ1v) is 4.92. The van der Waals surface area contributed by atoms with Gasteiger partial charge in [0.1, 0.15) is 5.60 Å². The topological polar surface area (TPSA) is 47.6 Å². The van der Waals surface area contributed by atoms with E-state index in [-0.39, 0.29) is 6.04 Å². The van der Waals surface area contributed by atoms with Crippen LogP contribution in [0, 0.1) is 0 Å². The number of nitrogens with one attached hydrogen (secondary N) is 1. The van der Waals surface area contributed by atoms with Gasteiger partial charge in [0.15, 0.2) is 0 Å². The highest BCUT2D eigenvalue weighted by molar-refractivity contribution is 5.68. The summed E-state index contributed by atoms with van der Waals surface area (Å²) in [5.41, 5.74) is -0.449. The fourth-order valence-corrected chi connectivity index (χ4v) is 0.845. The Morgan fingerprint density at radius 2 is 2.00 bits per heavy atom. The van der Waals surface area contributed by atoms with E-state index in [2.05, 4.69) is 5.32 Å². The Bertz CT molecular complexity index is 175. The van der Waals surface area contributed by atoms with E-state index in [0.717, 1.165) is 0 Å². The lowest BCUT2D eigenvalue weighted by Crippen LogP contribution is -2.39. The zero-order valence-corrected chi connectivity index (χ0v) is 9.72. The molecule has 0 aromatic rings. The largest absolute Gasteiger partial charge is 0.444 e. The van der Waals surface area contributed by atoms with Gasteiger partial charge in [0.05, 0.1) is 12.6 Å². The lowest BCUT2D eigenvalue weighted by Gasteiger charge is -2.21. The van der Waals surface area contributed by atoms with Gasteiger partial charge in [-0.25, -0.2) is 4.79 Å². The average Bonchev–Trinajstić information content (AvgIpc) is 1.96. The molecule has 4 nitrogen and oxygen atoms in total. The van der Waals surface area contributed by atoms with Gasteiger partial charge in [0.2, 0.25) is 0 Å². The Morgan fingerprint density at radius 1 is 1.43 bits per heavy atom. The van der Waals surface area contributed by atoms with E-state index in [4.69, 9.17) is 9.47 Å². The normalized spacial score (nSPS) is 13.5. The highest BCUT2D eigenvalue weighted by atomic mass is 16.6. The third-order valence-electron chi connectivity index (χ3n) is 1.34. The lowest BCUT2D eigenvalue weighted by molar-refractivity contribution is 0.0460. The molecule has 0 fully saturated rings. The molecule has 0 aliphatic carbocycles. The minimum absolute atomic E-state index is 0.0233. The summed E-state index contributed by atoms with van der Waals surface area (Å²) >= 11 is 0. The molecule has 0 aliphatic heterocycles. The molecule has 0 aromatic heterocycles. The summed E-state index contributed by atoms with van der Waals surface area (Å²) in [6.45, 7) is 10.5. The maximum Gasteiger partial charge on any atom is 0.407 e. The summed E-state index contributed by atoms with van der Waals surface area (Å²) in [5, 5.41) is 2.69. The molecule has 0 spiro atoms. The van der Waals surface area contributed by atoms with Crippen molar-refractivity contribution in [2.75, 3.05) is 13.2 Å². The molecule has 1 atom stereocenters. The van der Waals surface area contributed by atoms with Crippen LogP contribution in [-0.4, -0.2) is 30.9 Å². The molecule has 4 heteroatoms. The summed E-state index contributed by atoms with van der Waals surface area (Å²) in [6.07, 6.45) is -0.398. The molecule has 0 heterocycles. The number of carbonyl (C=O) groups is 1. The maximum atomic E-state index is 11.2. The molecule has 14 heavy (non-hydrogen) atoms. The van der Waals surface area contributed by atoms with Crippen LogP contribution in [0.2, 0.25) is 0 Å². The van der Waals surface area contributed by atoms with Crippen molar-refractivity contribution >= 4 is 6.09 Å². The standard InChI is InChI=1S/C10H21NO3/c1-6-13-7-8(2)11-9(12)14-10(3,4)5/h8H,6-7H2,1-5H3,(H,11,12). The first-order chi connectivity index (χ1) is 6.35. The van der Waals surface area contributed by atoms with Crippen LogP contribution >= 0.6 is 0 Å². The minimum atomic E-state index is -0.449. The second kappa shape index (κ2) is 5.86. The zero-order valence-electron chi connectivity index (χ0n) is 9.72. The SMILES string of the molecule is CCOCC(C)NC(=O)OC(C)(C)C. The van der Waals surface area contributed by atoms with Crippen molar-refractivity contribution in [2.45, 2.75) is 46.3 Å². The molecular weight excluding hydrogens is 182 g/mol. The molecule has 1 amide bonds. The van der Waals surface area contributed by atoms with Crippen molar-refractivity contribution in [3.8, 4) is 0 Å². The van der Waals surface area contributed by atoms with Crippen molar-refractivity contribution in [3.63, 3.8) is 0 Å². The van der Waals surface area contributed by atoms with Crippen molar-refractivity contribution in [1.82, 2.24) is 5.32 Å². The predicted molar refractivity (Wildman–Crippen MR) is 55.3 cm³/mol. The summed E-state index contributed by atoms with van der Waals surface area (Å²) < 4.78 is 10.2. The van der Waals surface area contributed by atoms with Gasteiger partial charge in [-0.3, -0.25) is 0 Å². The predicted octanol–water partition coefficient (Wildman–Crippen LogP) is 1.94. The van der Waals surface area contributed by atoms with Gasteiger partial charge < -0.3 is 14.8 Å². The summed E-state index contributed by atoms with van der Waals surface area (Å²) in [6, 6.07) is -0.0233. The average molecular weight is 203 g/mol. The molecular formula is C10H21NO3. The third kappa shape index (κ3) is 7.86. The van der Waals surface area contributed by atoms with Gasteiger partial charge in [-0.1, -0.05) is 0 Å². The van der Waals surface area contributed by atoms with Gasteiger partial charge in [-0.05, 0) is 34.6 Å². The Labute approximate surface area is 86.0 Å². The van der Waals surface area contributed by atoms with Crippen LogP contribution in [0.3, 0.4) is 0 Å². The molecule has 0 bridgehead atoms. The monoisotopic (exact) mass is 203 g/mol. The number of hydrogen-bond acceptors (Lipinski definition) is 3. The number of carbonyl (C=O) groups excluding carboxylic acids is 1. The number of rotatable bonds is 4. The van der Waals surface area contributed by atoms with Gasteiger partial charge in [-0.15, -0.1) is 0 Å². The van der Waals surface area contributed by atoms with E-state index in [9.17, 15) is 4.79 Å². The second-order valence-corrected chi connectivity index (χ2v) is 4.21. The van der Waals surface area contributed by atoms with E-state index < -0.39 is 11.7 Å². The van der Waals surface area contributed by atoms with Crippen LogP contribution in [0.15, 0.2) is 0 Å². The van der Waals surface area contributed by atoms with Crippen LogP contribution < -0.4 is 5.32 Å². The lowest BCUT2D eigenvalue weighted by atomic mass is 10.2. The molecule has 1 N–H and O–H groups in total. The van der Waals surface area contributed by atoms with Gasteiger partial charge >= 0.3 is 6.09 Å². The van der Waals surface area contributed by atoms with Gasteiger partial charge in [-0.2, -0.15) is 0 Å². The van der Waals surface area contributed by atoms with Crippen molar-refractivity contribution < 1.29 is 14.3 Å². The summed E-state index contributed by atoms with van der Waals surface area (Å²) in [4.78, 5) is 11.2. The quantitative estimate of drug-likeness (QED) is 0.759. The van der Waals surface area contributed by atoms with Crippen LogP contribution in [0.4, 0.5) is 4.79 Å². The molecule has 0 saturated carbocycles. The van der Waals surface area contributed by atoms with Crippen LogP contribution in [0.25, 0.3) is 0 Å². The smallest absolute Gasteiger partial charge is 0.407 e. The van der Waals surface area contributed by atoms with Crippen molar-refractivity contribution in [2.24, 2.45) is 0 Å². The maximum absolute atomic E-state index is 11.2. The third-order valence-corrected chi connectivity index (χ3v) is 1.34. The Morgan fingerprint density at radius 3 is 2.43 bits per heavy atom. The Kier molecular flexibility index (Phi) is 5.53. The second-order valence-electron chi connectivity index (χ2n) is 4.21. The first kappa shape index (κ1) is 13.2. The van der Waals surface area contributed by atoms with E-state index in [1.54, 1.807) is 0 Å². The molecule has 0 aromatic carbocycles. The number of alkyl carbamates (subject to hydrolysis) is 1. The number of hydrogen-bond donors (Lipinski definition) is 1. The zero-order chi connectivity index (χ0) is 11.2. The fraction of sp³-hybridized carbons (Fsp3) is 0.900. The van der Waals surface area contributed by atoms with Crippen LogP contribution in [0.5, 0.6) is 0 Å². The molecule has 84 valence electrons. The summed E-state index contributed by atoms with van der Waals surface area (Å²) in [7, 11) is 0. The van der Waals surface area contributed by atoms with E-state index in [1.807, 2.05) is 34.6 Å². The van der Waals surface area contributed by atoms with E-state index >= 15 is 0 Å². The van der Waals surface area contributed by atoms with E-state index in [1.165, 1.54) is 0 Å². The van der Waals surface area contributed by atoms with Crippen molar-refractivity contribution in [3.05, 3.63) is 0 Å². The fourth-order valence-electron chi connectivity index (χ4n) is 0.845. The Balaban J connectivity index is 3.71. The molecule has 0 aliphatic rings. The molecule has 0 rings (SSSR count). The van der Waals surface area contributed by atoms with Crippen LogP contribution in [-0.2, 0) is 9.47 Å². The van der Waals surface area contributed by atoms with E-state index in [0.29, 0.717) is 13.2 Å². The highest BCUT2D eigenvalue weighted by Gasteiger charge is 2.17. The first-order valence-electron chi connectivity index (χ1n) is 4.92. The van der Waals surface area contributed by atoms with Crippen LogP contribution in [0.1, 0.15) is 34.6 Å². The number of ether oxygens (including phenoxy) is 2. The molecule has 1 unspecified atom stereocenters. The van der Waals surface area contributed by atoms with Crippen molar-refractivity contribution in [1.29, 1.82) is 0 Å². The minimum Gasteiger partial charge on any atom is -0.444 e. The highest BCUT2D eigenvalue weighted by Crippen LogP contribution is 2.06.